The van der Waals surface area contributed by atoms with Gasteiger partial charge in [-0.3, -0.25) is 4.90 Å². The zero-order chi connectivity index (χ0) is 15.7. The van der Waals surface area contributed by atoms with Gasteiger partial charge >= 0.3 is 6.03 Å². The molecule has 0 spiro atoms. The molecule has 21 heavy (non-hydrogen) atoms. The van der Waals surface area contributed by atoms with E-state index in [1.165, 1.54) is 0 Å². The fraction of sp³-hybridized carbons (Fsp3) is 0.929. The molecular formula is C14H31N5O2. The molecule has 124 valence electrons. The minimum absolute atomic E-state index is 0.111. The third-order valence-electron chi connectivity index (χ3n) is 3.90. The summed E-state index contributed by atoms with van der Waals surface area (Å²) in [5.74, 6) is 0.463. The maximum atomic E-state index is 11.5. The molecule has 1 rings (SSSR count). The van der Waals surface area contributed by atoms with Crippen LogP contribution in [0.1, 0.15) is 13.3 Å². The first-order valence-corrected chi connectivity index (χ1v) is 7.72. The van der Waals surface area contributed by atoms with Crippen LogP contribution in [0.25, 0.3) is 0 Å². The highest BCUT2D eigenvalue weighted by molar-refractivity contribution is 5.73. The van der Waals surface area contributed by atoms with Crippen molar-refractivity contribution in [2.75, 3.05) is 53.5 Å². The van der Waals surface area contributed by atoms with Crippen LogP contribution in [0.15, 0.2) is 0 Å². The Morgan fingerprint density at radius 1 is 1.52 bits per heavy atom. The molecule has 0 bridgehead atoms. The quantitative estimate of drug-likeness (QED) is 0.418. The highest BCUT2D eigenvalue weighted by Crippen LogP contribution is 2.18. The van der Waals surface area contributed by atoms with Crippen molar-refractivity contribution in [3.8, 4) is 0 Å². The lowest BCUT2D eigenvalue weighted by Crippen LogP contribution is -2.43. The van der Waals surface area contributed by atoms with Gasteiger partial charge in [0.05, 0.1) is 6.61 Å². The molecule has 0 saturated carbocycles. The molecular weight excluding hydrogens is 270 g/mol. The first-order valence-electron chi connectivity index (χ1n) is 7.72. The first kappa shape index (κ1) is 18.2. The molecule has 3 atom stereocenters. The summed E-state index contributed by atoms with van der Waals surface area (Å²) < 4.78 is 5.05. The third-order valence-corrected chi connectivity index (χ3v) is 3.90. The van der Waals surface area contributed by atoms with Crippen molar-refractivity contribution in [2.45, 2.75) is 25.4 Å². The molecule has 0 aromatic rings. The van der Waals surface area contributed by atoms with Crippen LogP contribution in [-0.4, -0.2) is 76.5 Å². The number of hydrogen-bond donors (Lipinski definition) is 4. The summed E-state index contributed by atoms with van der Waals surface area (Å²) in [6, 6.07) is 0.516. The Labute approximate surface area is 128 Å². The smallest absolute Gasteiger partial charge is 0.314 e. The van der Waals surface area contributed by atoms with Crippen LogP contribution < -0.4 is 21.7 Å². The lowest BCUT2D eigenvalue weighted by molar-refractivity contribution is 0.187. The van der Waals surface area contributed by atoms with E-state index in [0.29, 0.717) is 25.1 Å². The second-order valence-corrected chi connectivity index (χ2v) is 5.80. The van der Waals surface area contributed by atoms with Crippen molar-refractivity contribution < 1.29 is 9.53 Å². The SMILES string of the molecule is CNC(=O)N[C@@H]1C[C@@H](CNCCOC)N(C[C@@H](C)CN)C1. The molecule has 0 radical (unpaired) electrons. The van der Waals surface area contributed by atoms with Crippen LogP contribution in [0.2, 0.25) is 0 Å². The second kappa shape index (κ2) is 9.94. The van der Waals surface area contributed by atoms with E-state index < -0.39 is 0 Å². The molecule has 7 heteroatoms. The van der Waals surface area contributed by atoms with E-state index in [0.717, 1.165) is 32.6 Å². The number of likely N-dealkylation sites (tertiary alicyclic amines) is 1. The van der Waals surface area contributed by atoms with Gasteiger partial charge in [0, 0.05) is 52.4 Å². The fourth-order valence-electron chi connectivity index (χ4n) is 2.70. The highest BCUT2D eigenvalue weighted by atomic mass is 16.5. The molecule has 0 aromatic carbocycles. The van der Waals surface area contributed by atoms with Crippen LogP contribution in [0.3, 0.4) is 0 Å². The standard InChI is InChI=1S/C14H31N5O2/c1-11(7-15)9-19-10-12(18-14(20)16-2)6-13(19)8-17-4-5-21-3/h11-13,17H,4-10,15H2,1-3H3,(H2,16,18,20)/t11-,12+,13-/m0/s1. The minimum atomic E-state index is -0.111. The van der Waals surface area contributed by atoms with E-state index in [1.54, 1.807) is 14.2 Å². The Balaban J connectivity index is 2.47. The molecule has 1 aliphatic rings. The zero-order valence-corrected chi connectivity index (χ0v) is 13.5. The average molecular weight is 301 g/mol. The van der Waals surface area contributed by atoms with Crippen LogP contribution >= 0.6 is 0 Å². The van der Waals surface area contributed by atoms with Gasteiger partial charge < -0.3 is 26.4 Å². The Morgan fingerprint density at radius 2 is 2.29 bits per heavy atom. The minimum Gasteiger partial charge on any atom is -0.383 e. The molecule has 5 N–H and O–H groups in total. The molecule has 7 nitrogen and oxygen atoms in total. The zero-order valence-electron chi connectivity index (χ0n) is 13.5. The Hall–Kier alpha value is -0.890. The number of hydrogen-bond acceptors (Lipinski definition) is 5. The van der Waals surface area contributed by atoms with Gasteiger partial charge in [-0.05, 0) is 18.9 Å². The lowest BCUT2D eigenvalue weighted by atomic mass is 10.1. The van der Waals surface area contributed by atoms with Gasteiger partial charge in [0.25, 0.3) is 0 Å². The van der Waals surface area contributed by atoms with Crippen molar-refractivity contribution in [1.29, 1.82) is 0 Å². The number of ether oxygens (including phenoxy) is 1. The summed E-state index contributed by atoms with van der Waals surface area (Å²) in [5, 5.41) is 9.03. The number of nitrogens with zero attached hydrogens (tertiary/aromatic N) is 1. The predicted molar refractivity (Wildman–Crippen MR) is 84.3 cm³/mol. The number of carbonyl (C=O) groups is 1. The molecule has 1 aliphatic heterocycles. The van der Waals surface area contributed by atoms with Gasteiger partial charge in [0.2, 0.25) is 0 Å². The van der Waals surface area contributed by atoms with Gasteiger partial charge in [0.1, 0.15) is 0 Å². The molecule has 1 fully saturated rings. The number of methoxy groups -OCH3 is 1. The fourth-order valence-corrected chi connectivity index (χ4v) is 2.70. The maximum absolute atomic E-state index is 11.5. The molecule has 1 heterocycles. The van der Waals surface area contributed by atoms with E-state index in [1.807, 2.05) is 0 Å². The molecule has 1 saturated heterocycles. The molecule has 0 aliphatic carbocycles. The van der Waals surface area contributed by atoms with Crippen molar-refractivity contribution in [2.24, 2.45) is 11.7 Å². The number of nitrogens with one attached hydrogen (secondary N) is 3. The topological polar surface area (TPSA) is 91.6 Å². The summed E-state index contributed by atoms with van der Waals surface area (Å²) >= 11 is 0. The van der Waals surface area contributed by atoms with Crippen LogP contribution in [-0.2, 0) is 4.74 Å². The number of rotatable bonds is 9. The highest BCUT2D eigenvalue weighted by Gasteiger charge is 2.32. The monoisotopic (exact) mass is 301 g/mol. The van der Waals surface area contributed by atoms with E-state index in [2.05, 4.69) is 27.8 Å². The summed E-state index contributed by atoms with van der Waals surface area (Å²) in [6.45, 7) is 7.18. The summed E-state index contributed by atoms with van der Waals surface area (Å²) in [5.41, 5.74) is 5.73. The van der Waals surface area contributed by atoms with Crippen molar-refractivity contribution in [1.82, 2.24) is 20.9 Å². The summed E-state index contributed by atoms with van der Waals surface area (Å²) in [7, 11) is 3.35. The second-order valence-electron chi connectivity index (χ2n) is 5.80. The predicted octanol–water partition coefficient (Wildman–Crippen LogP) is -0.811. The lowest BCUT2D eigenvalue weighted by Gasteiger charge is -2.27. The van der Waals surface area contributed by atoms with Gasteiger partial charge in [-0.2, -0.15) is 0 Å². The van der Waals surface area contributed by atoms with Gasteiger partial charge in [-0.15, -0.1) is 0 Å². The largest absolute Gasteiger partial charge is 0.383 e. The number of urea groups is 1. The Bertz CT molecular complexity index is 303. The third kappa shape index (κ3) is 6.60. The molecule has 0 aromatic heterocycles. The van der Waals surface area contributed by atoms with E-state index in [9.17, 15) is 4.79 Å². The van der Waals surface area contributed by atoms with E-state index in [-0.39, 0.29) is 12.1 Å². The number of carbonyl (C=O) groups excluding carboxylic acids is 1. The first-order chi connectivity index (χ1) is 10.1. The van der Waals surface area contributed by atoms with Gasteiger partial charge in [-0.1, -0.05) is 6.92 Å². The normalized spacial score (nSPS) is 24.0. The molecule has 0 unspecified atom stereocenters. The van der Waals surface area contributed by atoms with Crippen molar-refractivity contribution in [3.05, 3.63) is 0 Å². The summed E-state index contributed by atoms with van der Waals surface area (Å²) in [4.78, 5) is 13.9. The van der Waals surface area contributed by atoms with Gasteiger partial charge in [0.15, 0.2) is 0 Å². The van der Waals surface area contributed by atoms with E-state index in [4.69, 9.17) is 10.5 Å². The van der Waals surface area contributed by atoms with Gasteiger partial charge in [-0.25, -0.2) is 4.79 Å². The van der Waals surface area contributed by atoms with Crippen LogP contribution in [0.5, 0.6) is 0 Å². The van der Waals surface area contributed by atoms with Crippen molar-refractivity contribution >= 4 is 6.03 Å². The Kier molecular flexibility index (Phi) is 8.60. The van der Waals surface area contributed by atoms with Crippen LogP contribution in [0.4, 0.5) is 4.79 Å². The van der Waals surface area contributed by atoms with E-state index >= 15 is 0 Å². The maximum Gasteiger partial charge on any atom is 0.314 e. The Morgan fingerprint density at radius 3 is 2.90 bits per heavy atom. The molecule has 2 amide bonds. The van der Waals surface area contributed by atoms with Crippen LogP contribution in [0, 0.1) is 5.92 Å². The van der Waals surface area contributed by atoms with Crippen molar-refractivity contribution in [3.63, 3.8) is 0 Å². The average Bonchev–Trinajstić information content (AvgIpc) is 2.84. The number of nitrogens with two attached hydrogens (primary N) is 1. The summed E-state index contributed by atoms with van der Waals surface area (Å²) in [6.07, 6.45) is 0.963. The number of amides is 2.